The fourth-order valence-corrected chi connectivity index (χ4v) is 2.54. The lowest BCUT2D eigenvalue weighted by Crippen LogP contribution is -2.50. The van der Waals surface area contributed by atoms with E-state index in [0.29, 0.717) is 0 Å². The first-order valence-electron chi connectivity index (χ1n) is 6.64. The van der Waals surface area contributed by atoms with Crippen LogP contribution in [0, 0.1) is 17.0 Å². The number of hydrogen-bond donors (Lipinski definition) is 1. The number of piperidine rings is 1. The molecule has 1 aliphatic rings. The molecule has 2 rings (SSSR count). The molecular weight excluding hydrogens is 242 g/mol. The highest BCUT2D eigenvalue weighted by molar-refractivity contribution is 5.64. The summed E-state index contributed by atoms with van der Waals surface area (Å²) in [6.45, 7) is 5.78. The van der Waals surface area contributed by atoms with Crippen LogP contribution in [0.4, 0.5) is 11.4 Å². The summed E-state index contributed by atoms with van der Waals surface area (Å²) in [5.41, 5.74) is 2.03. The molecule has 0 unspecified atom stereocenters. The van der Waals surface area contributed by atoms with Gasteiger partial charge in [-0.2, -0.15) is 0 Å². The van der Waals surface area contributed by atoms with Crippen LogP contribution in [0.3, 0.4) is 0 Å². The van der Waals surface area contributed by atoms with E-state index in [1.807, 2.05) is 26.1 Å². The molecule has 0 amide bonds. The minimum atomic E-state index is -0.284. The largest absolute Gasteiger partial charge is 0.366 e. The van der Waals surface area contributed by atoms with Gasteiger partial charge in [0.05, 0.1) is 4.92 Å². The molecule has 19 heavy (non-hydrogen) atoms. The fraction of sp³-hybridized carbons (Fsp3) is 0.571. The number of anilines is 1. The number of nitro groups is 1. The van der Waals surface area contributed by atoms with E-state index >= 15 is 0 Å². The lowest BCUT2D eigenvalue weighted by molar-refractivity contribution is -0.384. The molecule has 0 saturated carbocycles. The van der Waals surface area contributed by atoms with Gasteiger partial charge in [0.15, 0.2) is 0 Å². The van der Waals surface area contributed by atoms with Crippen molar-refractivity contribution in [2.45, 2.75) is 32.2 Å². The molecule has 1 N–H and O–H groups in total. The molecule has 0 atom stereocenters. The number of nitrogens with zero attached hydrogens (tertiary/aromatic N) is 2. The van der Waals surface area contributed by atoms with Gasteiger partial charge in [-0.05, 0) is 45.4 Å². The molecule has 0 aliphatic carbocycles. The molecule has 1 aromatic carbocycles. The van der Waals surface area contributed by atoms with Crippen LogP contribution in [0.5, 0.6) is 0 Å². The maximum atomic E-state index is 11.2. The summed E-state index contributed by atoms with van der Waals surface area (Å²) in [5.74, 6) is 0. The maximum absolute atomic E-state index is 11.2. The van der Waals surface area contributed by atoms with Crippen LogP contribution in [0.15, 0.2) is 18.2 Å². The van der Waals surface area contributed by atoms with Crippen molar-refractivity contribution >= 4 is 11.4 Å². The molecule has 0 bridgehead atoms. The monoisotopic (exact) mass is 263 g/mol. The minimum Gasteiger partial charge on any atom is -0.366 e. The Morgan fingerprint density at radius 2 is 2.00 bits per heavy atom. The van der Waals surface area contributed by atoms with E-state index in [1.165, 1.54) is 0 Å². The number of hydrogen-bond acceptors (Lipinski definition) is 4. The Bertz CT molecular complexity index is 480. The van der Waals surface area contributed by atoms with Gasteiger partial charge in [0.1, 0.15) is 5.69 Å². The van der Waals surface area contributed by atoms with E-state index < -0.39 is 0 Å². The molecule has 1 fully saturated rings. The molecule has 1 saturated heterocycles. The first-order chi connectivity index (χ1) is 8.95. The summed E-state index contributed by atoms with van der Waals surface area (Å²) < 4.78 is 0. The van der Waals surface area contributed by atoms with E-state index in [9.17, 15) is 10.1 Å². The standard InChI is InChI=1S/C14H21N3O2/c1-11-4-5-12(13(10-11)17(18)19)16-8-6-14(2,15-3)7-9-16/h4-5,10,15H,6-9H2,1-3H3. The summed E-state index contributed by atoms with van der Waals surface area (Å²) in [4.78, 5) is 13.0. The quantitative estimate of drug-likeness (QED) is 0.672. The average Bonchev–Trinajstić information content (AvgIpc) is 2.40. The molecular formula is C14H21N3O2. The van der Waals surface area contributed by atoms with Crippen LogP contribution >= 0.6 is 0 Å². The predicted molar refractivity (Wildman–Crippen MR) is 76.7 cm³/mol. The van der Waals surface area contributed by atoms with Gasteiger partial charge in [-0.1, -0.05) is 6.07 Å². The van der Waals surface area contributed by atoms with Crippen molar-refractivity contribution in [1.29, 1.82) is 0 Å². The van der Waals surface area contributed by atoms with E-state index in [4.69, 9.17) is 0 Å². The topological polar surface area (TPSA) is 58.4 Å². The third-order valence-electron chi connectivity index (χ3n) is 4.14. The van der Waals surface area contributed by atoms with Crippen LogP contribution in [0.1, 0.15) is 25.3 Å². The Hall–Kier alpha value is -1.62. The molecule has 0 aromatic heterocycles. The van der Waals surface area contributed by atoms with E-state index in [2.05, 4.69) is 17.1 Å². The van der Waals surface area contributed by atoms with Crippen molar-refractivity contribution in [2.24, 2.45) is 0 Å². The van der Waals surface area contributed by atoms with Gasteiger partial charge in [0.25, 0.3) is 5.69 Å². The molecule has 1 aliphatic heterocycles. The van der Waals surface area contributed by atoms with Gasteiger partial charge < -0.3 is 10.2 Å². The fourth-order valence-electron chi connectivity index (χ4n) is 2.54. The van der Waals surface area contributed by atoms with Crippen molar-refractivity contribution in [3.8, 4) is 0 Å². The first kappa shape index (κ1) is 13.8. The van der Waals surface area contributed by atoms with Gasteiger partial charge in [0, 0.05) is 24.7 Å². The Morgan fingerprint density at radius 3 is 2.53 bits per heavy atom. The van der Waals surface area contributed by atoms with Crippen molar-refractivity contribution in [3.63, 3.8) is 0 Å². The van der Waals surface area contributed by atoms with Gasteiger partial charge in [-0.25, -0.2) is 0 Å². The molecule has 0 radical (unpaired) electrons. The predicted octanol–water partition coefficient (Wildman–Crippen LogP) is 2.48. The molecule has 5 heteroatoms. The maximum Gasteiger partial charge on any atom is 0.292 e. The summed E-state index contributed by atoms with van der Waals surface area (Å²) >= 11 is 0. The second-order valence-electron chi connectivity index (χ2n) is 5.55. The van der Waals surface area contributed by atoms with Crippen molar-refractivity contribution in [3.05, 3.63) is 33.9 Å². The number of rotatable bonds is 3. The zero-order valence-electron chi connectivity index (χ0n) is 11.8. The zero-order valence-corrected chi connectivity index (χ0v) is 11.8. The third-order valence-corrected chi connectivity index (χ3v) is 4.14. The second-order valence-corrected chi connectivity index (χ2v) is 5.55. The normalized spacial score (nSPS) is 18.4. The SMILES string of the molecule is CNC1(C)CCN(c2ccc(C)cc2[N+](=O)[O-])CC1. The van der Waals surface area contributed by atoms with Gasteiger partial charge in [-0.3, -0.25) is 10.1 Å². The number of nitro benzene ring substituents is 1. The van der Waals surface area contributed by atoms with Crippen molar-refractivity contribution in [1.82, 2.24) is 5.32 Å². The Kier molecular flexibility index (Phi) is 3.75. The van der Waals surface area contributed by atoms with Crippen molar-refractivity contribution < 1.29 is 4.92 Å². The molecule has 1 aromatic rings. The van der Waals surface area contributed by atoms with Crippen LogP contribution < -0.4 is 10.2 Å². The lowest BCUT2D eigenvalue weighted by atomic mass is 9.89. The van der Waals surface area contributed by atoms with Gasteiger partial charge >= 0.3 is 0 Å². The third kappa shape index (κ3) is 2.87. The second kappa shape index (κ2) is 5.17. The number of nitrogens with one attached hydrogen (secondary N) is 1. The van der Waals surface area contributed by atoms with Crippen molar-refractivity contribution in [2.75, 3.05) is 25.0 Å². The molecule has 0 spiro atoms. The lowest BCUT2D eigenvalue weighted by Gasteiger charge is -2.40. The number of aryl methyl sites for hydroxylation is 1. The van der Waals surface area contributed by atoms with E-state index in [0.717, 1.165) is 37.2 Å². The van der Waals surface area contributed by atoms with Crippen LogP contribution in [-0.4, -0.2) is 30.6 Å². The van der Waals surface area contributed by atoms with Gasteiger partial charge in [0.2, 0.25) is 0 Å². The summed E-state index contributed by atoms with van der Waals surface area (Å²) in [6, 6.07) is 5.46. The van der Waals surface area contributed by atoms with E-state index in [1.54, 1.807) is 6.07 Å². The highest BCUT2D eigenvalue weighted by atomic mass is 16.6. The van der Waals surface area contributed by atoms with Crippen LogP contribution in [0.25, 0.3) is 0 Å². The summed E-state index contributed by atoms with van der Waals surface area (Å²) in [6.07, 6.45) is 1.99. The number of benzene rings is 1. The highest BCUT2D eigenvalue weighted by Crippen LogP contribution is 2.33. The highest BCUT2D eigenvalue weighted by Gasteiger charge is 2.30. The summed E-state index contributed by atoms with van der Waals surface area (Å²) in [7, 11) is 1.98. The Morgan fingerprint density at radius 1 is 1.37 bits per heavy atom. The van der Waals surface area contributed by atoms with Gasteiger partial charge in [-0.15, -0.1) is 0 Å². The minimum absolute atomic E-state index is 0.149. The smallest absolute Gasteiger partial charge is 0.292 e. The summed E-state index contributed by atoms with van der Waals surface area (Å²) in [5, 5.41) is 14.5. The van der Waals surface area contributed by atoms with E-state index in [-0.39, 0.29) is 16.1 Å². The Balaban J connectivity index is 2.22. The average molecular weight is 263 g/mol. The Labute approximate surface area is 113 Å². The zero-order chi connectivity index (χ0) is 14.0. The molecule has 1 heterocycles. The van der Waals surface area contributed by atoms with Crippen LogP contribution in [-0.2, 0) is 0 Å². The molecule has 104 valence electrons. The van der Waals surface area contributed by atoms with Crippen LogP contribution in [0.2, 0.25) is 0 Å². The first-order valence-corrected chi connectivity index (χ1v) is 6.64. The molecule has 5 nitrogen and oxygen atoms in total.